The predicted octanol–water partition coefficient (Wildman–Crippen LogP) is 5.41. The van der Waals surface area contributed by atoms with Gasteiger partial charge < -0.3 is 0 Å². The lowest BCUT2D eigenvalue weighted by Crippen LogP contribution is -2.14. The molecule has 2 aromatic heterocycles. The molecule has 4 rings (SSSR count). The highest BCUT2D eigenvalue weighted by molar-refractivity contribution is 5.80. The maximum atomic E-state index is 14.2. The van der Waals surface area contributed by atoms with Gasteiger partial charge in [-0.1, -0.05) is 75.2 Å². The summed E-state index contributed by atoms with van der Waals surface area (Å²) in [6.45, 7) is 4.14. The van der Waals surface area contributed by atoms with Crippen LogP contribution in [0.15, 0.2) is 48.5 Å². The van der Waals surface area contributed by atoms with E-state index in [2.05, 4.69) is 37.6 Å². The summed E-state index contributed by atoms with van der Waals surface area (Å²) in [5.74, 6) is -2.32. The number of rotatable bonds is 10. The van der Waals surface area contributed by atoms with Crippen molar-refractivity contribution in [2.75, 3.05) is 0 Å². The lowest BCUT2D eigenvalue weighted by Gasteiger charge is -2.09. The van der Waals surface area contributed by atoms with Gasteiger partial charge in [0.1, 0.15) is 5.82 Å². The van der Waals surface area contributed by atoms with Crippen LogP contribution < -0.4 is 0 Å². The van der Waals surface area contributed by atoms with Crippen LogP contribution in [0.1, 0.15) is 56.7 Å². The zero-order valence-corrected chi connectivity index (χ0v) is 18.8. The van der Waals surface area contributed by atoms with E-state index >= 15 is 0 Å². The van der Waals surface area contributed by atoms with Crippen molar-refractivity contribution in [1.29, 1.82) is 0 Å². The van der Waals surface area contributed by atoms with Gasteiger partial charge in [0.2, 0.25) is 11.6 Å². The van der Waals surface area contributed by atoms with Crippen LogP contribution in [0.3, 0.4) is 0 Å². The number of hydrogen-bond donors (Lipinski definition) is 1. The highest BCUT2D eigenvalue weighted by atomic mass is 19.3. The number of unbranched alkanes of at least 4 members (excludes halogenated alkanes) is 2. The first-order valence-electron chi connectivity index (χ1n) is 11.3. The minimum Gasteiger partial charge on any atom is -0.249 e. The number of halogens is 2. The van der Waals surface area contributed by atoms with Crippen molar-refractivity contribution < 1.29 is 8.78 Å². The molecule has 0 saturated carbocycles. The van der Waals surface area contributed by atoms with Crippen molar-refractivity contribution in [2.24, 2.45) is 0 Å². The van der Waals surface area contributed by atoms with Crippen LogP contribution in [0.4, 0.5) is 8.78 Å². The zero-order chi connectivity index (χ0) is 23.3. The number of benzene rings is 2. The number of alkyl halides is 2. The molecule has 0 aliphatic carbocycles. The van der Waals surface area contributed by atoms with Crippen LogP contribution in [0.5, 0.6) is 0 Å². The Bertz CT molecular complexity index is 1170. The molecule has 2 heterocycles. The van der Waals surface area contributed by atoms with Crippen LogP contribution in [-0.4, -0.2) is 35.4 Å². The number of aromatic nitrogens is 7. The van der Waals surface area contributed by atoms with Gasteiger partial charge in [0.05, 0.1) is 0 Å². The summed E-state index contributed by atoms with van der Waals surface area (Å²) in [6, 6.07) is 15.8. The zero-order valence-electron chi connectivity index (χ0n) is 18.8. The summed E-state index contributed by atoms with van der Waals surface area (Å²) in [7, 11) is 0. The van der Waals surface area contributed by atoms with E-state index in [0.29, 0.717) is 24.6 Å². The fourth-order valence-electron chi connectivity index (χ4n) is 3.70. The average Bonchev–Trinajstić information content (AvgIpc) is 3.51. The second-order valence-electron chi connectivity index (χ2n) is 7.99. The van der Waals surface area contributed by atoms with E-state index in [0.717, 1.165) is 41.5 Å². The quantitative estimate of drug-likeness (QED) is 0.326. The minimum absolute atomic E-state index is 0.320. The third kappa shape index (κ3) is 5.13. The van der Waals surface area contributed by atoms with Gasteiger partial charge in [0, 0.05) is 24.9 Å². The van der Waals surface area contributed by atoms with Crippen molar-refractivity contribution in [2.45, 2.75) is 58.4 Å². The molecule has 0 amide bonds. The molecular weight excluding hydrogens is 424 g/mol. The molecule has 4 aromatic rings. The summed E-state index contributed by atoms with van der Waals surface area (Å²) in [5.41, 5.74) is 3.84. The van der Waals surface area contributed by atoms with Crippen molar-refractivity contribution >= 4 is 0 Å². The molecule has 0 saturated heterocycles. The number of aromatic amines is 1. The summed E-state index contributed by atoms with van der Waals surface area (Å²) in [6.07, 6.45) is 3.07. The number of hydrogen-bond acceptors (Lipinski definition) is 5. The first-order valence-corrected chi connectivity index (χ1v) is 11.3. The van der Waals surface area contributed by atoms with Gasteiger partial charge in [0.25, 0.3) is 0 Å². The van der Waals surface area contributed by atoms with Gasteiger partial charge in [-0.15, -0.1) is 15.3 Å². The second kappa shape index (κ2) is 9.97. The SMILES string of the molecule is CCCCCn1nc(C(F)(F)CC)nc1Cc1ccc(-c2ccccc2-c2nn[nH]n2)cc1. The molecule has 0 bridgehead atoms. The molecule has 0 fully saturated rings. The summed E-state index contributed by atoms with van der Waals surface area (Å²) in [5, 5.41) is 18.5. The van der Waals surface area contributed by atoms with Gasteiger partial charge >= 0.3 is 5.92 Å². The second-order valence-corrected chi connectivity index (χ2v) is 7.99. The van der Waals surface area contributed by atoms with Crippen LogP contribution in [0.2, 0.25) is 0 Å². The van der Waals surface area contributed by atoms with E-state index in [9.17, 15) is 8.78 Å². The average molecular weight is 452 g/mol. The Balaban J connectivity index is 1.59. The molecule has 1 N–H and O–H groups in total. The fraction of sp³-hybridized carbons (Fsp3) is 0.375. The summed E-state index contributed by atoms with van der Waals surface area (Å²) >= 11 is 0. The Morgan fingerprint density at radius 2 is 1.73 bits per heavy atom. The van der Waals surface area contributed by atoms with E-state index in [1.54, 1.807) is 4.68 Å². The van der Waals surface area contributed by atoms with Crippen molar-refractivity contribution in [3.8, 4) is 22.5 Å². The molecule has 0 aliphatic rings. The van der Waals surface area contributed by atoms with E-state index < -0.39 is 5.92 Å². The molecule has 0 spiro atoms. The van der Waals surface area contributed by atoms with Crippen LogP contribution in [0, 0.1) is 0 Å². The third-order valence-corrected chi connectivity index (χ3v) is 5.63. The van der Waals surface area contributed by atoms with Crippen molar-refractivity contribution in [3.05, 3.63) is 65.7 Å². The predicted molar refractivity (Wildman–Crippen MR) is 122 cm³/mol. The topological polar surface area (TPSA) is 85.2 Å². The maximum absolute atomic E-state index is 14.2. The molecule has 7 nitrogen and oxygen atoms in total. The van der Waals surface area contributed by atoms with Crippen LogP contribution in [0.25, 0.3) is 22.5 Å². The normalized spacial score (nSPS) is 11.8. The molecule has 0 aliphatic heterocycles. The third-order valence-electron chi connectivity index (χ3n) is 5.63. The standard InChI is InChI=1S/C24H27F2N7/c1-3-5-8-15-33-21(27-23(30-33)24(25,26)4-2)16-17-11-13-18(14-12-17)19-9-6-7-10-20(19)22-28-31-32-29-22/h6-7,9-14H,3-5,8,15-16H2,1-2H3,(H,28,29,31,32). The van der Waals surface area contributed by atoms with Gasteiger partial charge in [-0.25, -0.2) is 9.67 Å². The molecule has 9 heteroatoms. The highest BCUT2D eigenvalue weighted by Gasteiger charge is 2.35. The van der Waals surface area contributed by atoms with E-state index in [4.69, 9.17) is 0 Å². The number of H-pyrrole nitrogens is 1. The van der Waals surface area contributed by atoms with Crippen molar-refractivity contribution in [1.82, 2.24) is 35.4 Å². The highest BCUT2D eigenvalue weighted by Crippen LogP contribution is 2.31. The number of nitrogens with zero attached hydrogens (tertiary/aromatic N) is 6. The number of aryl methyl sites for hydroxylation is 1. The Kier molecular flexibility index (Phi) is 6.86. The van der Waals surface area contributed by atoms with Gasteiger partial charge in [0.15, 0.2) is 0 Å². The van der Waals surface area contributed by atoms with E-state index in [1.165, 1.54) is 6.92 Å². The van der Waals surface area contributed by atoms with Gasteiger partial charge in [-0.05, 0) is 28.3 Å². The summed E-state index contributed by atoms with van der Waals surface area (Å²) < 4.78 is 30.1. The largest absolute Gasteiger partial charge is 0.308 e. The Morgan fingerprint density at radius 1 is 0.970 bits per heavy atom. The molecule has 2 aromatic carbocycles. The monoisotopic (exact) mass is 451 g/mol. The lowest BCUT2D eigenvalue weighted by molar-refractivity contribution is -0.0177. The van der Waals surface area contributed by atoms with E-state index in [1.807, 2.05) is 48.5 Å². The minimum atomic E-state index is -3.02. The molecule has 172 valence electrons. The first kappa shape index (κ1) is 22.7. The number of nitrogens with one attached hydrogen (secondary N) is 1. The first-order chi connectivity index (χ1) is 16.0. The Hall–Kier alpha value is -3.49. The van der Waals surface area contributed by atoms with Crippen LogP contribution in [-0.2, 0) is 18.9 Å². The van der Waals surface area contributed by atoms with Gasteiger partial charge in [-0.2, -0.15) is 14.0 Å². The molecular formula is C24H27F2N7. The van der Waals surface area contributed by atoms with Gasteiger partial charge in [-0.3, -0.25) is 0 Å². The fourth-order valence-corrected chi connectivity index (χ4v) is 3.70. The molecule has 0 atom stereocenters. The lowest BCUT2D eigenvalue weighted by atomic mass is 9.98. The Morgan fingerprint density at radius 3 is 2.39 bits per heavy atom. The molecule has 0 unspecified atom stereocenters. The van der Waals surface area contributed by atoms with Crippen molar-refractivity contribution in [3.63, 3.8) is 0 Å². The molecule has 0 radical (unpaired) electrons. The van der Waals surface area contributed by atoms with Crippen LogP contribution >= 0.6 is 0 Å². The number of tetrazole rings is 1. The smallest absolute Gasteiger partial charge is 0.249 e. The Labute approximate surface area is 191 Å². The summed E-state index contributed by atoms with van der Waals surface area (Å²) in [4.78, 5) is 4.23. The molecule has 33 heavy (non-hydrogen) atoms. The maximum Gasteiger partial charge on any atom is 0.308 e. The van der Waals surface area contributed by atoms with E-state index in [-0.39, 0.29) is 12.2 Å².